The van der Waals surface area contributed by atoms with E-state index in [9.17, 15) is 0 Å². The first-order chi connectivity index (χ1) is 13.5. The summed E-state index contributed by atoms with van der Waals surface area (Å²) in [5.74, 6) is 0.949. The van der Waals surface area contributed by atoms with Gasteiger partial charge in [-0.25, -0.2) is 0 Å². The molecule has 1 aliphatic rings. The van der Waals surface area contributed by atoms with E-state index >= 15 is 0 Å². The van der Waals surface area contributed by atoms with Gasteiger partial charge in [-0.2, -0.15) is 0 Å². The number of nitrogens with zero attached hydrogens (tertiary/aromatic N) is 1. The molecule has 0 aliphatic carbocycles. The molecule has 3 rings (SSSR count). The zero-order valence-corrected chi connectivity index (χ0v) is 17.6. The summed E-state index contributed by atoms with van der Waals surface area (Å²) < 4.78 is 6.06. The predicted octanol–water partition coefficient (Wildman–Crippen LogP) is 5.47. The molecule has 0 radical (unpaired) electrons. The smallest absolute Gasteiger partial charge is 0.124 e. The molecule has 1 heterocycles. The predicted molar refractivity (Wildman–Crippen MR) is 117 cm³/mol. The van der Waals surface area contributed by atoms with Crippen LogP contribution in [0.2, 0.25) is 0 Å². The molecule has 2 N–H and O–H groups in total. The van der Waals surface area contributed by atoms with E-state index in [1.54, 1.807) is 0 Å². The normalized spacial score (nSPS) is 19.8. The number of hydrogen-bond acceptors (Lipinski definition) is 3. The van der Waals surface area contributed by atoms with Crippen molar-refractivity contribution < 1.29 is 4.74 Å². The van der Waals surface area contributed by atoms with E-state index in [4.69, 9.17) is 10.1 Å². The lowest BCUT2D eigenvalue weighted by Gasteiger charge is -2.34. The maximum atomic E-state index is 6.06. The highest BCUT2D eigenvalue weighted by atomic mass is 16.5. The van der Waals surface area contributed by atoms with Crippen molar-refractivity contribution in [1.29, 1.82) is 0 Å². The molecule has 1 fully saturated rings. The van der Waals surface area contributed by atoms with E-state index in [1.165, 1.54) is 24.0 Å². The van der Waals surface area contributed by atoms with Gasteiger partial charge in [-0.05, 0) is 44.9 Å². The Morgan fingerprint density at radius 3 is 2.61 bits per heavy atom. The van der Waals surface area contributed by atoms with E-state index in [1.807, 2.05) is 0 Å². The Morgan fingerprint density at radius 1 is 1.11 bits per heavy atom. The van der Waals surface area contributed by atoms with Crippen LogP contribution in [0.25, 0.3) is 5.32 Å². The van der Waals surface area contributed by atoms with Gasteiger partial charge in [-0.1, -0.05) is 56.3 Å². The number of benzene rings is 2. The Bertz CT molecular complexity index is 730. The summed E-state index contributed by atoms with van der Waals surface area (Å²) in [7, 11) is 0. The van der Waals surface area contributed by atoms with Gasteiger partial charge >= 0.3 is 0 Å². The molecule has 0 spiro atoms. The second-order valence-corrected chi connectivity index (χ2v) is 8.15. The van der Waals surface area contributed by atoms with E-state index in [0.717, 1.165) is 24.5 Å². The number of nitrogens with one attached hydrogen (secondary N) is 2. The highest BCUT2D eigenvalue weighted by Crippen LogP contribution is 2.30. The van der Waals surface area contributed by atoms with Gasteiger partial charge in [0.2, 0.25) is 0 Å². The lowest BCUT2D eigenvalue weighted by atomic mass is 9.92. The molecule has 2 atom stereocenters. The van der Waals surface area contributed by atoms with Crippen LogP contribution < -0.4 is 15.4 Å². The summed E-state index contributed by atoms with van der Waals surface area (Å²) >= 11 is 0. The fourth-order valence-corrected chi connectivity index (χ4v) is 3.81. The van der Waals surface area contributed by atoms with E-state index < -0.39 is 0 Å². The second-order valence-electron chi connectivity index (χ2n) is 8.15. The molecule has 4 nitrogen and oxygen atoms in total. The number of ether oxygens (including phenoxy) is 1. The van der Waals surface area contributed by atoms with Crippen LogP contribution in [0.3, 0.4) is 0 Å². The molecule has 0 amide bonds. The highest BCUT2D eigenvalue weighted by Gasteiger charge is 2.25. The third-order valence-electron chi connectivity index (χ3n) is 4.99. The fraction of sp³-hybridized carbons (Fsp3) is 0.500. The number of piperidine rings is 1. The fourth-order valence-electron chi connectivity index (χ4n) is 3.81. The third-order valence-corrected chi connectivity index (χ3v) is 4.99. The second kappa shape index (κ2) is 9.94. The molecule has 4 heteroatoms. The molecule has 1 aliphatic heterocycles. The van der Waals surface area contributed by atoms with Gasteiger partial charge < -0.3 is 20.7 Å². The lowest BCUT2D eigenvalue weighted by Crippen LogP contribution is -2.45. The van der Waals surface area contributed by atoms with E-state index in [2.05, 4.69) is 86.9 Å². The molecule has 0 aromatic heterocycles. The lowest BCUT2D eigenvalue weighted by molar-refractivity contribution is 0.238. The van der Waals surface area contributed by atoms with Crippen molar-refractivity contribution in [2.45, 2.75) is 71.3 Å². The van der Waals surface area contributed by atoms with Crippen LogP contribution in [0.15, 0.2) is 48.5 Å². The summed E-state index contributed by atoms with van der Waals surface area (Å²) in [6.45, 7) is 10.2. The van der Waals surface area contributed by atoms with Gasteiger partial charge in [-0.15, -0.1) is 11.7 Å². The van der Waals surface area contributed by atoms with Gasteiger partial charge in [0.05, 0.1) is 6.10 Å². The van der Waals surface area contributed by atoms with Crippen LogP contribution in [0, 0.1) is 0 Å². The van der Waals surface area contributed by atoms with E-state index in [-0.39, 0.29) is 12.1 Å². The van der Waals surface area contributed by atoms with Crippen molar-refractivity contribution in [2.24, 2.45) is 0 Å². The monoisotopic (exact) mass is 380 g/mol. The van der Waals surface area contributed by atoms with Crippen LogP contribution in [0.4, 0.5) is 5.69 Å². The summed E-state index contributed by atoms with van der Waals surface area (Å²) in [5, 5.41) is 12.2. The average molecular weight is 381 g/mol. The van der Waals surface area contributed by atoms with Crippen molar-refractivity contribution in [3.8, 4) is 5.75 Å². The summed E-state index contributed by atoms with van der Waals surface area (Å²) in [6, 6.07) is 18.0. The van der Waals surface area contributed by atoms with Gasteiger partial charge in [0, 0.05) is 24.2 Å². The average Bonchev–Trinajstić information content (AvgIpc) is 2.68. The first-order valence-electron chi connectivity index (χ1n) is 10.5. The Morgan fingerprint density at radius 2 is 1.89 bits per heavy atom. The summed E-state index contributed by atoms with van der Waals surface area (Å²) in [5.41, 5.74) is 3.54. The summed E-state index contributed by atoms with van der Waals surface area (Å²) in [6.07, 6.45) is 2.52. The molecular formula is C24H34N3O-. The standard InChI is InChI=1S/C24H34N3O/c1-17(2)27-21-12-13-23(28-18(3)4)20(15-21)16-26-22-11-8-14-25-24(22)19-9-6-5-7-10-19/h5-7,9-10,12-13,15,17-18,22,24-26H,8,11,14,16H2,1-4H3/q-1/t22-,24-/m0/s1. The minimum absolute atomic E-state index is 0.153. The van der Waals surface area contributed by atoms with Gasteiger partial charge in [-0.3, -0.25) is 0 Å². The van der Waals surface area contributed by atoms with Crippen molar-refractivity contribution in [3.05, 3.63) is 65.0 Å². The zero-order valence-electron chi connectivity index (χ0n) is 17.6. The Labute approximate surface area is 170 Å². The Kier molecular flexibility index (Phi) is 7.35. The topological polar surface area (TPSA) is 47.4 Å². The van der Waals surface area contributed by atoms with Gasteiger partial charge in [0.15, 0.2) is 0 Å². The molecule has 0 bridgehead atoms. The van der Waals surface area contributed by atoms with E-state index in [0.29, 0.717) is 12.1 Å². The first-order valence-corrected chi connectivity index (χ1v) is 10.5. The maximum absolute atomic E-state index is 6.06. The Balaban J connectivity index is 1.75. The molecule has 2 aromatic carbocycles. The van der Waals surface area contributed by atoms with Crippen molar-refractivity contribution >= 4 is 5.69 Å². The van der Waals surface area contributed by atoms with Crippen molar-refractivity contribution in [2.75, 3.05) is 6.54 Å². The molecule has 2 aromatic rings. The first kappa shape index (κ1) is 20.7. The Hall–Kier alpha value is -2.04. The molecule has 152 valence electrons. The SMILES string of the molecule is CC(C)[N-]c1ccc(OC(C)C)c(CN[C@H]2CCCN[C@H]2c2ccccc2)c1. The number of hydrogen-bond donors (Lipinski definition) is 2. The van der Waals surface area contributed by atoms with Crippen molar-refractivity contribution in [1.82, 2.24) is 10.6 Å². The van der Waals surface area contributed by atoms with Crippen LogP contribution in [0.1, 0.15) is 57.7 Å². The van der Waals surface area contributed by atoms with Crippen LogP contribution in [-0.4, -0.2) is 24.7 Å². The van der Waals surface area contributed by atoms with Crippen LogP contribution >= 0.6 is 0 Å². The minimum atomic E-state index is 0.153. The van der Waals surface area contributed by atoms with Gasteiger partial charge in [0.25, 0.3) is 0 Å². The summed E-state index contributed by atoms with van der Waals surface area (Å²) in [4.78, 5) is 0. The minimum Gasteiger partial charge on any atom is -0.682 e. The largest absolute Gasteiger partial charge is 0.682 e. The highest BCUT2D eigenvalue weighted by molar-refractivity contribution is 5.55. The van der Waals surface area contributed by atoms with Gasteiger partial charge in [0.1, 0.15) is 5.75 Å². The van der Waals surface area contributed by atoms with Crippen molar-refractivity contribution in [3.63, 3.8) is 0 Å². The molecule has 0 unspecified atom stereocenters. The molecule has 0 saturated carbocycles. The quantitative estimate of drug-likeness (QED) is 0.638. The molecule has 28 heavy (non-hydrogen) atoms. The number of rotatable bonds is 8. The molecule has 1 saturated heterocycles. The maximum Gasteiger partial charge on any atom is 0.124 e. The zero-order chi connectivity index (χ0) is 19.9. The van der Waals surface area contributed by atoms with Crippen LogP contribution in [-0.2, 0) is 6.54 Å². The molecular weight excluding hydrogens is 346 g/mol. The van der Waals surface area contributed by atoms with Crippen LogP contribution in [0.5, 0.6) is 5.75 Å². The third kappa shape index (κ3) is 5.73.